The smallest absolute Gasteiger partial charge is 0.378 e. The second kappa shape index (κ2) is 10.5. The van der Waals surface area contributed by atoms with E-state index in [-0.39, 0.29) is 17.8 Å². The lowest BCUT2D eigenvalue weighted by Gasteiger charge is -2.33. The van der Waals surface area contributed by atoms with E-state index >= 15 is 0 Å². The number of benzene rings is 2. The Balaban J connectivity index is 1.76. The Hall–Kier alpha value is -3.67. The Kier molecular flexibility index (Phi) is 7.72. The Morgan fingerprint density at radius 2 is 1.68 bits per heavy atom. The molecule has 0 aliphatic carbocycles. The predicted molar refractivity (Wildman–Crippen MR) is 113 cm³/mol. The quantitative estimate of drug-likeness (QED) is 0.518. The standard InChI is InChI=1S/C22H22F4N4O4/c1-14-2-7-18(17(23)12-14)30(21(33)29-8-10-34-11-9-29)13-15-3-5-16(6-4-15)19(31)27-28-20(32)22(24,25)26/h2-7,12H,8-11,13H2,1H3,(H,27,31)(H,28,32). The van der Waals surface area contributed by atoms with Crippen LogP contribution < -0.4 is 15.8 Å². The number of ether oxygens (including phenoxy) is 1. The first-order valence-electron chi connectivity index (χ1n) is 10.2. The van der Waals surface area contributed by atoms with Crippen LogP contribution in [0.15, 0.2) is 42.5 Å². The number of halogens is 4. The van der Waals surface area contributed by atoms with Crippen LogP contribution in [0.4, 0.5) is 28.0 Å². The highest BCUT2D eigenvalue weighted by molar-refractivity contribution is 5.96. The molecule has 4 amide bonds. The number of hydrazine groups is 1. The lowest BCUT2D eigenvalue weighted by atomic mass is 10.1. The van der Waals surface area contributed by atoms with E-state index in [4.69, 9.17) is 4.74 Å². The van der Waals surface area contributed by atoms with Crippen molar-refractivity contribution in [2.24, 2.45) is 0 Å². The van der Waals surface area contributed by atoms with E-state index in [1.54, 1.807) is 23.3 Å². The second-order valence-corrected chi connectivity index (χ2v) is 7.53. The molecule has 1 fully saturated rings. The van der Waals surface area contributed by atoms with E-state index in [0.717, 1.165) is 0 Å². The molecule has 0 radical (unpaired) electrons. The molecule has 0 aromatic heterocycles. The molecule has 1 aliphatic rings. The third-order valence-corrected chi connectivity index (χ3v) is 5.01. The van der Waals surface area contributed by atoms with E-state index < -0.39 is 29.8 Å². The van der Waals surface area contributed by atoms with Gasteiger partial charge in [-0.15, -0.1) is 0 Å². The van der Waals surface area contributed by atoms with Crippen LogP contribution in [-0.2, 0) is 16.1 Å². The monoisotopic (exact) mass is 482 g/mol. The van der Waals surface area contributed by atoms with Crippen LogP contribution in [0.5, 0.6) is 0 Å². The molecule has 1 saturated heterocycles. The fourth-order valence-corrected chi connectivity index (χ4v) is 3.21. The molecule has 1 heterocycles. The average Bonchev–Trinajstić information content (AvgIpc) is 2.81. The van der Waals surface area contributed by atoms with E-state index in [0.29, 0.717) is 37.4 Å². The molecule has 2 N–H and O–H groups in total. The number of amides is 4. The first-order chi connectivity index (χ1) is 16.1. The Bertz CT molecular complexity index is 1050. The van der Waals surface area contributed by atoms with Gasteiger partial charge in [-0.3, -0.25) is 25.3 Å². The maximum Gasteiger partial charge on any atom is 0.472 e. The van der Waals surface area contributed by atoms with Gasteiger partial charge in [0.25, 0.3) is 5.91 Å². The van der Waals surface area contributed by atoms with Crippen LogP contribution in [0, 0.1) is 12.7 Å². The molecular weight excluding hydrogens is 460 g/mol. The van der Waals surface area contributed by atoms with Crippen LogP contribution in [0.25, 0.3) is 0 Å². The van der Waals surface area contributed by atoms with E-state index in [1.807, 2.05) is 0 Å². The number of carbonyl (C=O) groups excluding carboxylic acids is 3. The summed E-state index contributed by atoms with van der Waals surface area (Å²) in [5.41, 5.74) is 4.23. The van der Waals surface area contributed by atoms with Crippen LogP contribution in [0.3, 0.4) is 0 Å². The minimum atomic E-state index is -5.14. The summed E-state index contributed by atoms with van der Waals surface area (Å²) in [4.78, 5) is 38.8. The van der Waals surface area contributed by atoms with Crippen molar-refractivity contribution >= 4 is 23.5 Å². The van der Waals surface area contributed by atoms with E-state index in [9.17, 15) is 31.9 Å². The lowest BCUT2D eigenvalue weighted by molar-refractivity contribution is -0.174. The maximum atomic E-state index is 14.7. The number of urea groups is 1. The highest BCUT2D eigenvalue weighted by Gasteiger charge is 2.39. The lowest BCUT2D eigenvalue weighted by Crippen LogP contribution is -2.48. The Morgan fingerprint density at radius 3 is 2.26 bits per heavy atom. The summed E-state index contributed by atoms with van der Waals surface area (Å²) >= 11 is 0. The zero-order valence-electron chi connectivity index (χ0n) is 18.1. The third-order valence-electron chi connectivity index (χ3n) is 5.01. The third kappa shape index (κ3) is 6.22. The van der Waals surface area contributed by atoms with Crippen molar-refractivity contribution in [3.63, 3.8) is 0 Å². The molecule has 2 aromatic carbocycles. The van der Waals surface area contributed by atoms with Crippen LogP contribution in [0.2, 0.25) is 0 Å². The highest BCUT2D eigenvalue weighted by atomic mass is 19.4. The molecule has 3 rings (SSSR count). The molecule has 0 bridgehead atoms. The van der Waals surface area contributed by atoms with Crippen LogP contribution in [0.1, 0.15) is 21.5 Å². The molecular formula is C22H22F4N4O4. The minimum absolute atomic E-state index is 0.0249. The number of alkyl halides is 3. The molecule has 182 valence electrons. The number of carbonyl (C=O) groups is 3. The summed E-state index contributed by atoms with van der Waals surface area (Å²) in [6, 6.07) is 9.67. The first-order valence-corrected chi connectivity index (χ1v) is 10.2. The molecule has 0 atom stereocenters. The zero-order chi connectivity index (χ0) is 24.9. The van der Waals surface area contributed by atoms with Gasteiger partial charge in [0.15, 0.2) is 0 Å². The average molecular weight is 482 g/mol. The predicted octanol–water partition coefficient (Wildman–Crippen LogP) is 2.92. The normalized spacial score (nSPS) is 13.9. The van der Waals surface area contributed by atoms with E-state index in [2.05, 4.69) is 0 Å². The Morgan fingerprint density at radius 1 is 1.03 bits per heavy atom. The minimum Gasteiger partial charge on any atom is -0.378 e. The summed E-state index contributed by atoms with van der Waals surface area (Å²) in [6.07, 6.45) is -5.14. The number of nitrogens with zero attached hydrogens (tertiary/aromatic N) is 2. The summed E-state index contributed by atoms with van der Waals surface area (Å²) in [7, 11) is 0. The summed E-state index contributed by atoms with van der Waals surface area (Å²) < 4.78 is 56.7. The van der Waals surface area contributed by atoms with Crippen LogP contribution >= 0.6 is 0 Å². The van der Waals surface area contributed by atoms with Gasteiger partial charge in [-0.25, -0.2) is 9.18 Å². The van der Waals surface area contributed by atoms with Gasteiger partial charge in [0.1, 0.15) is 5.82 Å². The van der Waals surface area contributed by atoms with Crippen molar-refractivity contribution in [2.45, 2.75) is 19.6 Å². The number of rotatable bonds is 4. The van der Waals surface area contributed by atoms with Gasteiger partial charge in [0.05, 0.1) is 25.4 Å². The molecule has 8 nitrogen and oxygen atoms in total. The summed E-state index contributed by atoms with van der Waals surface area (Å²) in [6.45, 7) is 3.14. The Labute approximate surface area is 192 Å². The number of anilines is 1. The number of nitrogens with one attached hydrogen (secondary N) is 2. The molecule has 34 heavy (non-hydrogen) atoms. The molecule has 2 aromatic rings. The van der Waals surface area contributed by atoms with Crippen molar-refractivity contribution in [1.29, 1.82) is 0 Å². The van der Waals surface area contributed by atoms with Crippen molar-refractivity contribution in [2.75, 3.05) is 31.2 Å². The topological polar surface area (TPSA) is 91.0 Å². The molecule has 0 spiro atoms. The van der Waals surface area contributed by atoms with Gasteiger partial charge in [0, 0.05) is 18.7 Å². The second-order valence-electron chi connectivity index (χ2n) is 7.53. The number of hydrogen-bond acceptors (Lipinski definition) is 4. The first kappa shape index (κ1) is 25.0. The van der Waals surface area contributed by atoms with Crippen molar-refractivity contribution in [3.05, 3.63) is 65.0 Å². The largest absolute Gasteiger partial charge is 0.472 e. The number of hydrogen-bond donors (Lipinski definition) is 2. The van der Waals surface area contributed by atoms with Gasteiger partial charge >= 0.3 is 18.1 Å². The zero-order valence-corrected chi connectivity index (χ0v) is 18.1. The fraction of sp³-hybridized carbons (Fsp3) is 0.318. The fourth-order valence-electron chi connectivity index (χ4n) is 3.21. The van der Waals surface area contributed by atoms with E-state index in [1.165, 1.54) is 46.7 Å². The summed E-state index contributed by atoms with van der Waals surface area (Å²) in [5.74, 6) is -3.84. The van der Waals surface area contributed by atoms with Crippen LogP contribution in [-0.4, -0.2) is 55.2 Å². The van der Waals surface area contributed by atoms with Crippen molar-refractivity contribution in [1.82, 2.24) is 15.8 Å². The number of aryl methyl sites for hydroxylation is 1. The summed E-state index contributed by atoms with van der Waals surface area (Å²) in [5, 5.41) is 0. The van der Waals surface area contributed by atoms with Gasteiger partial charge in [-0.1, -0.05) is 18.2 Å². The van der Waals surface area contributed by atoms with Crippen molar-refractivity contribution in [3.8, 4) is 0 Å². The van der Waals surface area contributed by atoms with Gasteiger partial charge in [-0.2, -0.15) is 13.2 Å². The molecule has 0 saturated carbocycles. The van der Waals surface area contributed by atoms with Gasteiger partial charge in [0.2, 0.25) is 0 Å². The number of morpholine rings is 1. The molecule has 0 unspecified atom stereocenters. The van der Waals surface area contributed by atoms with Gasteiger partial charge < -0.3 is 9.64 Å². The molecule has 12 heteroatoms. The highest BCUT2D eigenvalue weighted by Crippen LogP contribution is 2.24. The van der Waals surface area contributed by atoms with Crippen molar-refractivity contribution < 1.29 is 36.7 Å². The maximum absolute atomic E-state index is 14.7. The molecule has 1 aliphatic heterocycles. The SMILES string of the molecule is Cc1ccc(N(Cc2ccc(C(=O)NNC(=O)C(F)(F)F)cc2)C(=O)N2CCOCC2)c(F)c1. The van der Waals surface area contributed by atoms with Gasteiger partial charge in [-0.05, 0) is 42.3 Å².